The largest absolute Gasteiger partial charge is 0.359 e. The fourth-order valence-corrected chi connectivity index (χ4v) is 4.64. The summed E-state index contributed by atoms with van der Waals surface area (Å²) >= 11 is 0. The van der Waals surface area contributed by atoms with Crippen molar-refractivity contribution in [2.75, 3.05) is 23.3 Å². The van der Waals surface area contributed by atoms with Crippen LogP contribution in [0, 0.1) is 11.6 Å². The lowest BCUT2D eigenvalue weighted by atomic mass is 10.1. The first kappa shape index (κ1) is 24.6. The van der Waals surface area contributed by atoms with Gasteiger partial charge in [-0.2, -0.15) is 5.10 Å². The third kappa shape index (κ3) is 4.71. The van der Waals surface area contributed by atoms with Gasteiger partial charge in [0.1, 0.15) is 17.8 Å². The fraction of sp³-hybridized carbons (Fsp3) is 0.231. The van der Waals surface area contributed by atoms with Crippen LogP contribution in [0.25, 0.3) is 27.7 Å². The summed E-state index contributed by atoms with van der Waals surface area (Å²) in [7, 11) is 1.73. The van der Waals surface area contributed by atoms with Crippen LogP contribution in [-0.2, 0) is 7.05 Å². The molecule has 2 N–H and O–H groups in total. The second kappa shape index (κ2) is 9.26. The lowest BCUT2D eigenvalue weighted by molar-refractivity contribution is -0.0222. The zero-order valence-corrected chi connectivity index (χ0v) is 20.6. The van der Waals surface area contributed by atoms with Gasteiger partial charge in [-0.05, 0) is 12.1 Å². The van der Waals surface area contributed by atoms with Crippen LogP contribution >= 0.6 is 0 Å². The molecule has 200 valence electrons. The summed E-state index contributed by atoms with van der Waals surface area (Å²) in [6.45, 7) is 0.0196. The van der Waals surface area contributed by atoms with E-state index in [0.29, 0.717) is 33.4 Å². The molecule has 4 aromatic heterocycles. The van der Waals surface area contributed by atoms with Crippen LogP contribution < -0.4 is 10.2 Å². The highest BCUT2D eigenvalue weighted by molar-refractivity contribution is 6.08. The van der Waals surface area contributed by atoms with Gasteiger partial charge in [-0.1, -0.05) is 0 Å². The molecule has 0 radical (unpaired) electrons. The third-order valence-corrected chi connectivity index (χ3v) is 6.75. The Labute approximate surface area is 219 Å². The Balaban J connectivity index is 1.20. The molecule has 1 saturated heterocycles. The number of imidazole rings is 1. The molecule has 5 heterocycles. The molecule has 0 aliphatic carbocycles. The first-order chi connectivity index (χ1) is 18.7. The monoisotopic (exact) mass is 538 g/mol. The Morgan fingerprint density at radius 1 is 1.05 bits per heavy atom. The van der Waals surface area contributed by atoms with Crippen molar-refractivity contribution in [1.29, 1.82) is 0 Å². The Hall–Kier alpha value is -4.68. The molecule has 9 nitrogen and oxygen atoms in total. The van der Waals surface area contributed by atoms with E-state index in [1.807, 2.05) is 0 Å². The number of hydrogen-bond donors (Lipinski definition) is 2. The highest BCUT2D eigenvalue weighted by Crippen LogP contribution is 2.32. The minimum absolute atomic E-state index is 0.00811. The van der Waals surface area contributed by atoms with Crippen molar-refractivity contribution < 1.29 is 22.4 Å². The summed E-state index contributed by atoms with van der Waals surface area (Å²) < 4.78 is 59.4. The quantitative estimate of drug-likeness (QED) is 0.310. The van der Waals surface area contributed by atoms with Crippen LogP contribution in [0.5, 0.6) is 0 Å². The molecule has 0 bridgehead atoms. The average molecular weight is 539 g/mol. The summed E-state index contributed by atoms with van der Waals surface area (Å²) in [5.41, 5.74) is 2.24. The summed E-state index contributed by atoms with van der Waals surface area (Å²) in [5.74, 6) is -4.35. The highest BCUT2D eigenvalue weighted by Gasteiger charge is 2.35. The number of piperidine rings is 1. The molecule has 0 spiro atoms. The Morgan fingerprint density at radius 3 is 2.56 bits per heavy atom. The van der Waals surface area contributed by atoms with Crippen LogP contribution in [0.1, 0.15) is 23.3 Å². The number of carbonyl (C=O) groups excluding carboxylic acids is 1. The second-order valence-corrected chi connectivity index (χ2v) is 9.44. The Bertz CT molecular complexity index is 1700. The molecule has 13 heteroatoms. The molecule has 0 saturated carbocycles. The van der Waals surface area contributed by atoms with Gasteiger partial charge in [-0.3, -0.25) is 9.48 Å². The van der Waals surface area contributed by atoms with Crippen molar-refractivity contribution in [3.63, 3.8) is 0 Å². The summed E-state index contributed by atoms with van der Waals surface area (Å²) in [4.78, 5) is 25.7. The SMILES string of the molecule is Cn1cc(-c2cc3c(NC(=O)c4cn(-c5cnc(N6CCC(F)(F)CC6)c(F)c5)cn4)c[nH]c3cc2F)cn1. The van der Waals surface area contributed by atoms with E-state index in [-0.39, 0.29) is 37.4 Å². The Kier molecular flexibility index (Phi) is 5.85. The third-order valence-electron chi connectivity index (χ3n) is 6.75. The number of rotatable bonds is 5. The van der Waals surface area contributed by atoms with Crippen molar-refractivity contribution in [2.45, 2.75) is 18.8 Å². The molecular weight excluding hydrogens is 516 g/mol. The summed E-state index contributed by atoms with van der Waals surface area (Å²) in [6.07, 6.45) is 8.25. The van der Waals surface area contributed by atoms with Crippen LogP contribution in [0.15, 0.2) is 55.5 Å². The molecule has 1 aliphatic heterocycles. The first-order valence-electron chi connectivity index (χ1n) is 12.1. The van der Waals surface area contributed by atoms with Crippen molar-refractivity contribution in [3.05, 3.63) is 72.8 Å². The van der Waals surface area contributed by atoms with Gasteiger partial charge in [-0.15, -0.1) is 0 Å². The number of pyridine rings is 1. The van der Waals surface area contributed by atoms with Crippen molar-refractivity contribution in [2.24, 2.45) is 7.05 Å². The number of carbonyl (C=O) groups is 1. The predicted octanol–water partition coefficient (Wildman–Crippen LogP) is 4.92. The smallest absolute Gasteiger partial charge is 0.275 e. The highest BCUT2D eigenvalue weighted by atomic mass is 19.3. The molecule has 1 aliphatic rings. The lowest BCUT2D eigenvalue weighted by Crippen LogP contribution is -2.40. The average Bonchev–Trinajstić information content (AvgIpc) is 3.64. The number of aryl methyl sites for hydroxylation is 1. The summed E-state index contributed by atoms with van der Waals surface area (Å²) in [5, 5.41) is 7.45. The predicted molar refractivity (Wildman–Crippen MR) is 136 cm³/mol. The molecule has 1 amide bonds. The minimum atomic E-state index is -2.74. The van der Waals surface area contributed by atoms with Gasteiger partial charge in [0.05, 0.1) is 29.3 Å². The number of nitrogens with zero attached hydrogens (tertiary/aromatic N) is 6. The standard InChI is InChI=1S/C26H22F4N8O/c1-36-12-15(9-34-36)17-7-18-21(8-19(17)27)31-11-22(18)35-25(39)23-13-38(14-33-23)16-6-20(28)24(32-10-16)37-4-2-26(29,30)3-5-37/h6-14,31H,2-5H2,1H3,(H,35,39). The van der Waals surface area contributed by atoms with E-state index < -0.39 is 23.5 Å². The lowest BCUT2D eigenvalue weighted by Gasteiger charge is -2.32. The summed E-state index contributed by atoms with van der Waals surface area (Å²) in [6, 6.07) is 4.20. The number of halogens is 4. The van der Waals surface area contributed by atoms with E-state index in [1.54, 1.807) is 36.4 Å². The van der Waals surface area contributed by atoms with Crippen LogP contribution in [0.3, 0.4) is 0 Å². The first-order valence-corrected chi connectivity index (χ1v) is 12.1. The minimum Gasteiger partial charge on any atom is -0.359 e. The van der Waals surface area contributed by atoms with E-state index in [1.165, 1.54) is 40.3 Å². The van der Waals surface area contributed by atoms with Crippen molar-refractivity contribution in [1.82, 2.24) is 29.3 Å². The number of anilines is 2. The van der Waals surface area contributed by atoms with E-state index in [2.05, 4.69) is 25.4 Å². The number of H-pyrrole nitrogens is 1. The van der Waals surface area contributed by atoms with Crippen molar-refractivity contribution >= 4 is 28.3 Å². The van der Waals surface area contributed by atoms with Crippen LogP contribution in [-0.4, -0.2) is 54.2 Å². The van der Waals surface area contributed by atoms with E-state index >= 15 is 0 Å². The topological polar surface area (TPSA) is 96.7 Å². The zero-order chi connectivity index (χ0) is 27.3. The number of fused-ring (bicyclic) bond motifs is 1. The fourth-order valence-electron chi connectivity index (χ4n) is 4.64. The van der Waals surface area contributed by atoms with Gasteiger partial charge in [0.25, 0.3) is 11.8 Å². The maximum Gasteiger partial charge on any atom is 0.275 e. The number of aromatic amines is 1. The van der Waals surface area contributed by atoms with E-state index in [9.17, 15) is 22.4 Å². The normalized spacial score (nSPS) is 15.2. The van der Waals surface area contributed by atoms with Crippen molar-refractivity contribution in [3.8, 4) is 16.8 Å². The molecular formula is C26H22F4N8O. The molecule has 39 heavy (non-hydrogen) atoms. The molecule has 1 fully saturated rings. The second-order valence-electron chi connectivity index (χ2n) is 9.44. The molecule has 5 aromatic rings. The van der Waals surface area contributed by atoms with E-state index in [0.717, 1.165) is 0 Å². The number of benzene rings is 1. The van der Waals surface area contributed by atoms with Gasteiger partial charge in [0.2, 0.25) is 0 Å². The number of amides is 1. The van der Waals surface area contributed by atoms with Gasteiger partial charge in [0, 0.05) is 74.1 Å². The number of hydrogen-bond acceptors (Lipinski definition) is 5. The van der Waals surface area contributed by atoms with Crippen LogP contribution in [0.4, 0.5) is 29.1 Å². The van der Waals surface area contributed by atoms with Gasteiger partial charge in [0.15, 0.2) is 11.6 Å². The molecule has 0 atom stereocenters. The van der Waals surface area contributed by atoms with Gasteiger partial charge < -0.3 is 19.8 Å². The van der Waals surface area contributed by atoms with Gasteiger partial charge >= 0.3 is 0 Å². The molecule has 6 rings (SSSR count). The van der Waals surface area contributed by atoms with Crippen LogP contribution in [0.2, 0.25) is 0 Å². The number of nitrogens with one attached hydrogen (secondary N) is 2. The van der Waals surface area contributed by atoms with Gasteiger partial charge in [-0.25, -0.2) is 27.5 Å². The number of alkyl halides is 2. The number of aromatic nitrogens is 6. The maximum absolute atomic E-state index is 14.8. The maximum atomic E-state index is 14.8. The molecule has 1 aromatic carbocycles. The van der Waals surface area contributed by atoms with E-state index in [4.69, 9.17) is 0 Å². The molecule has 0 unspecified atom stereocenters. The Morgan fingerprint density at radius 2 is 1.85 bits per heavy atom. The zero-order valence-electron chi connectivity index (χ0n) is 20.6.